The molecule has 0 amide bonds. The van der Waals surface area contributed by atoms with Gasteiger partial charge in [0.15, 0.2) is 11.4 Å². The van der Waals surface area contributed by atoms with Gasteiger partial charge in [0.1, 0.15) is 5.75 Å². The molecule has 0 unspecified atom stereocenters. The highest BCUT2D eigenvalue weighted by molar-refractivity contribution is 6.30. The van der Waals surface area contributed by atoms with Crippen LogP contribution in [0.15, 0.2) is 84.4 Å². The first-order valence-corrected chi connectivity index (χ1v) is 10.5. The Balaban J connectivity index is 0.00000245. The van der Waals surface area contributed by atoms with Crippen LogP contribution in [0.1, 0.15) is 12.5 Å². The van der Waals surface area contributed by atoms with Crippen LogP contribution in [-0.2, 0) is 6.54 Å². The number of aliphatic hydroxyl groups excluding tert-OH is 1. The number of halogens is 1. The summed E-state index contributed by atoms with van der Waals surface area (Å²) in [6, 6.07) is 23.8. The Morgan fingerprint density at radius 1 is 0.938 bits per heavy atom. The van der Waals surface area contributed by atoms with Crippen molar-refractivity contribution < 1.29 is 20.7 Å². The summed E-state index contributed by atoms with van der Waals surface area (Å²) in [4.78, 5) is 2.18. The van der Waals surface area contributed by atoms with E-state index < -0.39 is 0 Å². The summed E-state index contributed by atoms with van der Waals surface area (Å²) in [6.45, 7) is 2.74. The van der Waals surface area contributed by atoms with Crippen molar-refractivity contribution >= 4 is 28.7 Å². The maximum atomic E-state index is 11.3. The summed E-state index contributed by atoms with van der Waals surface area (Å²) in [6.07, 6.45) is 0. The maximum Gasteiger partial charge on any atom is 0.270 e. The molecule has 32 heavy (non-hydrogen) atoms. The Kier molecular flexibility index (Phi) is 5.84. The van der Waals surface area contributed by atoms with Crippen molar-refractivity contribution in [3.8, 4) is 5.75 Å². The molecule has 5 rings (SSSR count). The van der Waals surface area contributed by atoms with Gasteiger partial charge in [-0.3, -0.25) is 0 Å². The van der Waals surface area contributed by atoms with E-state index in [9.17, 15) is 5.11 Å². The van der Waals surface area contributed by atoms with Gasteiger partial charge in [0.2, 0.25) is 0 Å². The van der Waals surface area contributed by atoms with E-state index in [-0.39, 0.29) is 11.4 Å². The first kappa shape index (κ1) is 21.8. The van der Waals surface area contributed by atoms with Crippen LogP contribution < -0.4 is 25.6 Å². The number of nitrogens with two attached hydrogens (primary N) is 1. The molecule has 0 aliphatic carbocycles. The second-order valence-corrected chi connectivity index (χ2v) is 8.06. The largest absolute Gasteiger partial charge is 0.870 e. The molecule has 7 heteroatoms. The molecule has 0 fully saturated rings. The second-order valence-electron chi connectivity index (χ2n) is 7.63. The molecule has 3 aromatic rings. The molecule has 0 spiro atoms. The lowest BCUT2D eigenvalue weighted by molar-refractivity contribution is -0.568. The van der Waals surface area contributed by atoms with E-state index >= 15 is 0 Å². The lowest BCUT2D eigenvalue weighted by Crippen LogP contribution is -2.90. The van der Waals surface area contributed by atoms with E-state index in [1.807, 2.05) is 52.9 Å². The van der Waals surface area contributed by atoms with Crippen molar-refractivity contribution in [2.75, 3.05) is 12.1 Å². The number of quaternary nitrogens is 1. The van der Waals surface area contributed by atoms with Crippen LogP contribution in [0.5, 0.6) is 5.75 Å². The molecular weight excluding hydrogens is 426 g/mol. The Labute approximate surface area is 191 Å². The molecular formula is C25H24ClN3O3. The fraction of sp³-hybridized carbons (Fsp3) is 0.120. The van der Waals surface area contributed by atoms with E-state index in [1.165, 1.54) is 0 Å². The number of nitrogens with zero attached hydrogens (tertiary/aromatic N) is 2. The molecule has 164 valence electrons. The third kappa shape index (κ3) is 3.58. The van der Waals surface area contributed by atoms with Gasteiger partial charge >= 0.3 is 0 Å². The van der Waals surface area contributed by atoms with E-state index in [0.717, 1.165) is 44.5 Å². The molecule has 0 atom stereocenters. The van der Waals surface area contributed by atoms with Crippen molar-refractivity contribution in [1.82, 2.24) is 4.90 Å². The van der Waals surface area contributed by atoms with Crippen molar-refractivity contribution in [2.24, 2.45) is 0 Å². The molecule has 6 nitrogen and oxygen atoms in total. The van der Waals surface area contributed by atoms with Gasteiger partial charge in [-0.2, -0.15) is 5.01 Å². The highest BCUT2D eigenvalue weighted by Gasteiger charge is 2.39. The number of methoxy groups -OCH3 is 1. The van der Waals surface area contributed by atoms with Gasteiger partial charge in [-0.1, -0.05) is 41.9 Å². The summed E-state index contributed by atoms with van der Waals surface area (Å²) < 4.78 is 5.29. The van der Waals surface area contributed by atoms with Gasteiger partial charge in [-0.05, 0) is 55.0 Å². The van der Waals surface area contributed by atoms with Crippen molar-refractivity contribution in [3.05, 3.63) is 105 Å². The van der Waals surface area contributed by atoms with Crippen molar-refractivity contribution in [1.29, 1.82) is 0 Å². The minimum Gasteiger partial charge on any atom is -0.870 e. The number of fused-ring (bicyclic) bond motifs is 2. The number of anilines is 1. The topological polar surface area (TPSA) is 82.6 Å². The van der Waals surface area contributed by atoms with Crippen LogP contribution >= 0.6 is 11.6 Å². The SMILES string of the molecule is COc1ccc(CN2C3=C(O)N(c4ccc(Cl)cc4)[NH2+]C3=c3ccccc3=C2C)cc1.[OH-]. The molecule has 3 aromatic carbocycles. The number of hydrogen-bond donors (Lipinski definition) is 2. The van der Waals surface area contributed by atoms with Crippen LogP contribution in [-0.4, -0.2) is 22.6 Å². The molecule has 4 N–H and O–H groups in total. The lowest BCUT2D eigenvalue weighted by atomic mass is 10.0. The number of ether oxygens (including phenoxy) is 1. The fourth-order valence-corrected chi connectivity index (χ4v) is 4.33. The van der Waals surface area contributed by atoms with E-state index in [1.54, 1.807) is 7.11 Å². The third-order valence-corrected chi connectivity index (χ3v) is 6.09. The molecule has 0 saturated heterocycles. The highest BCUT2D eigenvalue weighted by Crippen LogP contribution is 2.31. The summed E-state index contributed by atoms with van der Waals surface area (Å²) in [7, 11) is 1.66. The number of hydrogen-bond acceptors (Lipinski definition) is 5. The summed E-state index contributed by atoms with van der Waals surface area (Å²) in [5.74, 6) is 1.03. The Hall–Kier alpha value is -3.45. The smallest absolute Gasteiger partial charge is 0.270 e. The van der Waals surface area contributed by atoms with E-state index in [4.69, 9.17) is 16.3 Å². The van der Waals surface area contributed by atoms with Gasteiger partial charge in [0, 0.05) is 27.7 Å². The zero-order valence-electron chi connectivity index (χ0n) is 17.8. The van der Waals surface area contributed by atoms with Gasteiger partial charge < -0.3 is 20.2 Å². The monoisotopic (exact) mass is 449 g/mol. The van der Waals surface area contributed by atoms with Gasteiger partial charge in [0.05, 0.1) is 12.8 Å². The number of aliphatic hydroxyl groups is 1. The molecule has 0 saturated carbocycles. The molecule has 0 radical (unpaired) electrons. The average Bonchev–Trinajstić information content (AvgIpc) is 3.15. The van der Waals surface area contributed by atoms with Crippen molar-refractivity contribution in [3.63, 3.8) is 0 Å². The van der Waals surface area contributed by atoms with Crippen LogP contribution in [0.3, 0.4) is 0 Å². The standard InChI is InChI=1S/C25H22ClN3O2.H2O/c1-16-21-5-3-4-6-22(21)23-24(28(16)15-17-7-13-20(31-2)14-8-17)25(30)29(27-23)19-11-9-18(26)10-12-19;/h3-14,27,30H,15H2,1-2H3;1H2. The molecule has 0 aromatic heterocycles. The molecule has 0 bridgehead atoms. The maximum absolute atomic E-state index is 11.3. The molecule has 2 aliphatic heterocycles. The Morgan fingerprint density at radius 2 is 1.59 bits per heavy atom. The summed E-state index contributed by atoms with van der Waals surface area (Å²) in [5, 5.41) is 16.1. The van der Waals surface area contributed by atoms with Crippen LogP contribution in [0.4, 0.5) is 5.69 Å². The molecule has 2 aliphatic rings. The van der Waals surface area contributed by atoms with Gasteiger partial charge in [-0.15, -0.1) is 0 Å². The average molecular weight is 450 g/mol. The Bertz CT molecular complexity index is 1300. The van der Waals surface area contributed by atoms with E-state index in [2.05, 4.69) is 42.2 Å². The van der Waals surface area contributed by atoms with Crippen LogP contribution in [0.25, 0.3) is 11.4 Å². The predicted molar refractivity (Wildman–Crippen MR) is 124 cm³/mol. The quantitative estimate of drug-likeness (QED) is 0.598. The zero-order valence-corrected chi connectivity index (χ0v) is 18.5. The van der Waals surface area contributed by atoms with E-state index in [0.29, 0.717) is 11.6 Å². The second kappa shape index (κ2) is 8.59. The third-order valence-electron chi connectivity index (χ3n) is 5.84. The number of rotatable bonds is 4. The predicted octanol–water partition coefficient (Wildman–Crippen LogP) is 2.65. The summed E-state index contributed by atoms with van der Waals surface area (Å²) >= 11 is 6.07. The minimum atomic E-state index is 0. The number of benzene rings is 3. The lowest BCUT2D eigenvalue weighted by Gasteiger charge is -2.28. The van der Waals surface area contributed by atoms with Crippen LogP contribution in [0, 0.1) is 0 Å². The van der Waals surface area contributed by atoms with Gasteiger partial charge in [-0.25, -0.2) is 5.43 Å². The zero-order chi connectivity index (χ0) is 21.5. The highest BCUT2D eigenvalue weighted by atomic mass is 35.5. The Morgan fingerprint density at radius 3 is 2.25 bits per heavy atom. The first-order chi connectivity index (χ1) is 15.1. The van der Waals surface area contributed by atoms with Crippen LogP contribution in [0.2, 0.25) is 5.02 Å². The minimum absolute atomic E-state index is 0. The molecule has 2 heterocycles. The fourth-order valence-electron chi connectivity index (χ4n) is 4.21. The summed E-state index contributed by atoms with van der Waals surface area (Å²) in [5.41, 5.74) is 6.90. The normalized spacial score (nSPS) is 14.8. The van der Waals surface area contributed by atoms with Gasteiger partial charge in [0.25, 0.3) is 5.88 Å². The first-order valence-electron chi connectivity index (χ1n) is 10.1. The van der Waals surface area contributed by atoms with Crippen molar-refractivity contribution in [2.45, 2.75) is 13.5 Å².